The van der Waals surface area contributed by atoms with E-state index in [9.17, 15) is 0 Å². The van der Waals surface area contributed by atoms with E-state index < -0.39 is 0 Å². The summed E-state index contributed by atoms with van der Waals surface area (Å²) in [6, 6.07) is 0. The molecule has 0 aromatic carbocycles. The summed E-state index contributed by atoms with van der Waals surface area (Å²) in [5.41, 5.74) is 0. The quantitative estimate of drug-likeness (QED) is 0.583. The zero-order chi connectivity index (χ0) is 8.15. The van der Waals surface area contributed by atoms with Crippen molar-refractivity contribution in [1.29, 1.82) is 0 Å². The van der Waals surface area contributed by atoms with Crippen LogP contribution in [-0.2, 0) is 0 Å². The fourth-order valence-electron chi connectivity index (χ4n) is 1.27. The maximum absolute atomic E-state index is 2.43. The van der Waals surface area contributed by atoms with Gasteiger partial charge in [0.25, 0.3) is 0 Å². The SMILES string of the molecule is CC.CC1CC(C)C(C)[Te]1. The average Bonchev–Trinajstić information content (AvgIpc) is 2.16. The van der Waals surface area contributed by atoms with Crippen molar-refractivity contribution in [3.05, 3.63) is 0 Å². The molecular weight excluding hydrogens is 236 g/mol. The van der Waals surface area contributed by atoms with Crippen LogP contribution in [0.15, 0.2) is 0 Å². The van der Waals surface area contributed by atoms with Crippen LogP contribution in [-0.4, -0.2) is 20.9 Å². The van der Waals surface area contributed by atoms with Crippen LogP contribution < -0.4 is 0 Å². The standard InChI is InChI=1S/C7H14Te.C2H6/c1-5-4-6(2)8-7(5)3;1-2/h5-7H,4H2,1-3H3;1-2H3. The third-order valence-electron chi connectivity index (χ3n) is 1.95. The van der Waals surface area contributed by atoms with Gasteiger partial charge in [0.15, 0.2) is 0 Å². The summed E-state index contributed by atoms with van der Waals surface area (Å²) in [7, 11) is 0. The van der Waals surface area contributed by atoms with Crippen LogP contribution in [0.2, 0.25) is 7.93 Å². The molecule has 3 atom stereocenters. The molecule has 1 heterocycles. The van der Waals surface area contributed by atoms with Crippen molar-refractivity contribution in [3.8, 4) is 0 Å². The van der Waals surface area contributed by atoms with E-state index in [0.29, 0.717) is 20.9 Å². The van der Waals surface area contributed by atoms with Gasteiger partial charge < -0.3 is 0 Å². The van der Waals surface area contributed by atoms with Crippen LogP contribution in [0.3, 0.4) is 0 Å². The molecule has 0 aromatic rings. The fraction of sp³-hybridized carbons (Fsp3) is 1.00. The fourth-order valence-corrected chi connectivity index (χ4v) is 5.63. The molecule has 62 valence electrons. The summed E-state index contributed by atoms with van der Waals surface area (Å²) < 4.78 is 2.25. The summed E-state index contributed by atoms with van der Waals surface area (Å²) in [6.07, 6.45) is 1.52. The van der Waals surface area contributed by atoms with Crippen molar-refractivity contribution in [2.24, 2.45) is 5.92 Å². The van der Waals surface area contributed by atoms with E-state index in [2.05, 4.69) is 20.8 Å². The molecule has 10 heavy (non-hydrogen) atoms. The molecule has 1 saturated heterocycles. The first-order chi connectivity index (χ1) is 4.70. The maximum atomic E-state index is 2.43. The Morgan fingerprint density at radius 1 is 1.10 bits per heavy atom. The Morgan fingerprint density at radius 3 is 1.70 bits per heavy atom. The Balaban J connectivity index is 0.000000371. The first-order valence-electron chi connectivity index (χ1n) is 4.35. The Hall–Kier alpha value is 0.790. The monoisotopic (exact) mass is 258 g/mol. The minimum atomic E-state index is 0.416. The van der Waals surface area contributed by atoms with Gasteiger partial charge >= 0.3 is 62.0 Å². The van der Waals surface area contributed by atoms with E-state index in [0.717, 1.165) is 13.8 Å². The molecule has 0 aliphatic carbocycles. The molecule has 0 radical (unpaired) electrons. The average molecular weight is 256 g/mol. The summed E-state index contributed by atoms with van der Waals surface area (Å²) in [5, 5.41) is 0. The van der Waals surface area contributed by atoms with Crippen molar-refractivity contribution in [1.82, 2.24) is 0 Å². The molecule has 0 bridgehead atoms. The van der Waals surface area contributed by atoms with E-state index in [1.807, 2.05) is 13.8 Å². The normalized spacial score (nSPS) is 38.7. The first kappa shape index (κ1) is 10.8. The van der Waals surface area contributed by atoms with Crippen molar-refractivity contribution in [2.45, 2.75) is 49.0 Å². The summed E-state index contributed by atoms with van der Waals surface area (Å²) in [5.74, 6) is 1.05. The Morgan fingerprint density at radius 2 is 1.60 bits per heavy atom. The van der Waals surface area contributed by atoms with Crippen LogP contribution in [0.4, 0.5) is 0 Å². The molecule has 0 aromatic heterocycles. The molecule has 1 aliphatic heterocycles. The van der Waals surface area contributed by atoms with E-state index in [4.69, 9.17) is 0 Å². The predicted molar refractivity (Wildman–Crippen MR) is 49.7 cm³/mol. The van der Waals surface area contributed by atoms with Gasteiger partial charge in [-0.05, 0) is 0 Å². The van der Waals surface area contributed by atoms with Crippen LogP contribution in [0, 0.1) is 5.92 Å². The van der Waals surface area contributed by atoms with E-state index in [1.54, 1.807) is 0 Å². The number of hydrogen-bond acceptors (Lipinski definition) is 0. The van der Waals surface area contributed by atoms with E-state index >= 15 is 0 Å². The molecular formula is C9H20Te. The van der Waals surface area contributed by atoms with Gasteiger partial charge in [-0.2, -0.15) is 0 Å². The molecule has 0 amide bonds. The second kappa shape index (κ2) is 5.44. The molecule has 1 fully saturated rings. The van der Waals surface area contributed by atoms with Gasteiger partial charge in [-0.25, -0.2) is 0 Å². The third kappa shape index (κ3) is 3.26. The third-order valence-corrected chi connectivity index (χ3v) is 6.38. The predicted octanol–water partition coefficient (Wildman–Crippen LogP) is 3.37. The summed E-state index contributed by atoms with van der Waals surface area (Å²) in [6.45, 7) is 11.2. The van der Waals surface area contributed by atoms with Crippen LogP contribution in [0.1, 0.15) is 41.0 Å². The van der Waals surface area contributed by atoms with Crippen molar-refractivity contribution >= 4 is 20.9 Å². The first-order valence-corrected chi connectivity index (χ1v) is 7.04. The Labute approximate surface area is 75.9 Å². The van der Waals surface area contributed by atoms with Crippen LogP contribution in [0.5, 0.6) is 0 Å². The summed E-state index contributed by atoms with van der Waals surface area (Å²) in [4.78, 5) is 0. The van der Waals surface area contributed by atoms with Gasteiger partial charge in [-0.15, -0.1) is 0 Å². The zero-order valence-electron chi connectivity index (χ0n) is 7.85. The van der Waals surface area contributed by atoms with Crippen LogP contribution >= 0.6 is 0 Å². The minimum absolute atomic E-state index is 0.416. The molecule has 1 heteroatoms. The number of rotatable bonds is 0. The molecule has 3 unspecified atom stereocenters. The van der Waals surface area contributed by atoms with Crippen LogP contribution in [0.25, 0.3) is 0 Å². The van der Waals surface area contributed by atoms with Gasteiger partial charge in [-0.3, -0.25) is 0 Å². The second-order valence-corrected chi connectivity index (χ2v) is 8.06. The molecule has 0 N–H and O–H groups in total. The van der Waals surface area contributed by atoms with E-state index in [1.165, 1.54) is 6.42 Å². The van der Waals surface area contributed by atoms with Gasteiger partial charge in [0.2, 0.25) is 0 Å². The number of hydrogen-bond donors (Lipinski definition) is 0. The van der Waals surface area contributed by atoms with Crippen molar-refractivity contribution in [3.63, 3.8) is 0 Å². The molecule has 0 nitrogen and oxygen atoms in total. The molecule has 0 spiro atoms. The van der Waals surface area contributed by atoms with Gasteiger partial charge in [0, 0.05) is 0 Å². The van der Waals surface area contributed by atoms with Gasteiger partial charge in [0.1, 0.15) is 0 Å². The Bertz CT molecular complexity index is 70.8. The van der Waals surface area contributed by atoms with Gasteiger partial charge in [-0.1, -0.05) is 13.8 Å². The topological polar surface area (TPSA) is 0 Å². The molecule has 1 aliphatic rings. The van der Waals surface area contributed by atoms with Crippen molar-refractivity contribution in [2.75, 3.05) is 0 Å². The molecule has 1 rings (SSSR count). The van der Waals surface area contributed by atoms with Gasteiger partial charge in [0.05, 0.1) is 0 Å². The Kier molecular flexibility index (Phi) is 5.87. The molecule has 0 saturated carbocycles. The summed E-state index contributed by atoms with van der Waals surface area (Å²) >= 11 is 0.416. The van der Waals surface area contributed by atoms with Crippen molar-refractivity contribution < 1.29 is 0 Å². The second-order valence-electron chi connectivity index (χ2n) is 2.86. The van der Waals surface area contributed by atoms with E-state index in [-0.39, 0.29) is 0 Å². The zero-order valence-corrected chi connectivity index (χ0v) is 10.2.